The number of nitrogen functional groups attached to an aromatic ring is 1. The zero-order valence-electron chi connectivity index (χ0n) is 14.3. The molecular formula is C19H24N2O3. The molecule has 0 fully saturated rings. The number of benzene rings is 2. The second-order valence-electron chi connectivity index (χ2n) is 5.97. The Balaban J connectivity index is 2.00. The minimum absolute atomic E-state index is 0.216. The Labute approximate surface area is 142 Å². The predicted octanol–water partition coefficient (Wildman–Crippen LogP) is 3.95. The smallest absolute Gasteiger partial charge is 0.255 e. The Kier molecular flexibility index (Phi) is 6.07. The highest BCUT2D eigenvalue weighted by atomic mass is 16.5. The van der Waals surface area contributed by atoms with Crippen molar-refractivity contribution in [1.29, 1.82) is 0 Å². The molecule has 0 radical (unpaired) electrons. The molecule has 0 aromatic heterocycles. The van der Waals surface area contributed by atoms with Crippen LogP contribution in [0.5, 0.6) is 11.5 Å². The van der Waals surface area contributed by atoms with E-state index in [1.54, 1.807) is 42.5 Å². The van der Waals surface area contributed by atoms with Crippen LogP contribution >= 0.6 is 0 Å². The van der Waals surface area contributed by atoms with E-state index in [4.69, 9.17) is 15.2 Å². The van der Waals surface area contributed by atoms with Crippen LogP contribution in [0.25, 0.3) is 0 Å². The lowest BCUT2D eigenvalue weighted by molar-refractivity contribution is 0.102. The van der Waals surface area contributed by atoms with Gasteiger partial charge in [-0.15, -0.1) is 0 Å². The third kappa shape index (κ3) is 4.91. The van der Waals surface area contributed by atoms with Gasteiger partial charge in [-0.3, -0.25) is 4.79 Å². The molecule has 2 aromatic rings. The van der Waals surface area contributed by atoms with Crippen LogP contribution in [0.2, 0.25) is 0 Å². The maximum atomic E-state index is 12.3. The lowest BCUT2D eigenvalue weighted by Crippen LogP contribution is -2.12. The molecule has 2 aromatic carbocycles. The Bertz CT molecular complexity index is 682. The number of nitrogens with one attached hydrogen (secondary N) is 1. The van der Waals surface area contributed by atoms with Crippen molar-refractivity contribution in [2.75, 3.05) is 24.8 Å². The molecule has 0 bridgehead atoms. The summed E-state index contributed by atoms with van der Waals surface area (Å²) >= 11 is 0. The maximum absolute atomic E-state index is 12.3. The number of hydrogen-bond donors (Lipinski definition) is 2. The quantitative estimate of drug-likeness (QED) is 0.755. The van der Waals surface area contributed by atoms with Crippen LogP contribution in [0.3, 0.4) is 0 Å². The van der Waals surface area contributed by atoms with Crippen molar-refractivity contribution in [2.45, 2.75) is 20.3 Å². The first-order chi connectivity index (χ1) is 11.5. The SMILES string of the molecule is COc1cc(N)ccc1NC(=O)c1ccc(OCCC(C)C)cc1. The zero-order chi connectivity index (χ0) is 17.5. The van der Waals surface area contributed by atoms with Crippen molar-refractivity contribution in [3.05, 3.63) is 48.0 Å². The van der Waals surface area contributed by atoms with E-state index in [-0.39, 0.29) is 5.91 Å². The van der Waals surface area contributed by atoms with E-state index in [1.807, 2.05) is 0 Å². The molecule has 0 aliphatic rings. The number of rotatable bonds is 7. The Hall–Kier alpha value is -2.69. The van der Waals surface area contributed by atoms with Gasteiger partial charge in [0.1, 0.15) is 11.5 Å². The van der Waals surface area contributed by atoms with E-state index in [9.17, 15) is 4.79 Å². The van der Waals surface area contributed by atoms with Crippen molar-refractivity contribution in [1.82, 2.24) is 0 Å². The van der Waals surface area contributed by atoms with Gasteiger partial charge in [-0.1, -0.05) is 13.8 Å². The average molecular weight is 328 g/mol. The number of carbonyl (C=O) groups is 1. The fraction of sp³-hybridized carbons (Fsp3) is 0.316. The first-order valence-corrected chi connectivity index (χ1v) is 7.97. The summed E-state index contributed by atoms with van der Waals surface area (Å²) in [4.78, 5) is 12.3. The minimum Gasteiger partial charge on any atom is -0.494 e. The van der Waals surface area contributed by atoms with Gasteiger partial charge in [-0.05, 0) is 48.7 Å². The Morgan fingerprint density at radius 1 is 1.17 bits per heavy atom. The number of amides is 1. The van der Waals surface area contributed by atoms with Crippen molar-refractivity contribution >= 4 is 17.3 Å². The molecule has 0 unspecified atom stereocenters. The maximum Gasteiger partial charge on any atom is 0.255 e. The molecule has 2 rings (SSSR count). The molecular weight excluding hydrogens is 304 g/mol. The summed E-state index contributed by atoms with van der Waals surface area (Å²) in [5, 5.41) is 2.82. The van der Waals surface area contributed by atoms with Gasteiger partial charge in [0.15, 0.2) is 0 Å². The monoisotopic (exact) mass is 328 g/mol. The number of ether oxygens (including phenoxy) is 2. The molecule has 5 heteroatoms. The average Bonchev–Trinajstić information content (AvgIpc) is 2.56. The first-order valence-electron chi connectivity index (χ1n) is 7.97. The lowest BCUT2D eigenvalue weighted by Gasteiger charge is -2.11. The fourth-order valence-electron chi connectivity index (χ4n) is 2.12. The molecule has 0 spiro atoms. The predicted molar refractivity (Wildman–Crippen MR) is 96.8 cm³/mol. The highest BCUT2D eigenvalue weighted by Crippen LogP contribution is 2.27. The van der Waals surface area contributed by atoms with Crippen LogP contribution in [-0.4, -0.2) is 19.6 Å². The van der Waals surface area contributed by atoms with Gasteiger partial charge < -0.3 is 20.5 Å². The molecule has 24 heavy (non-hydrogen) atoms. The topological polar surface area (TPSA) is 73.6 Å². The molecule has 0 atom stereocenters. The molecule has 0 aliphatic heterocycles. The largest absolute Gasteiger partial charge is 0.494 e. The van der Waals surface area contributed by atoms with E-state index in [0.717, 1.165) is 12.2 Å². The third-order valence-electron chi connectivity index (χ3n) is 3.55. The van der Waals surface area contributed by atoms with E-state index < -0.39 is 0 Å². The van der Waals surface area contributed by atoms with E-state index in [2.05, 4.69) is 19.2 Å². The van der Waals surface area contributed by atoms with Crippen LogP contribution in [0.1, 0.15) is 30.6 Å². The van der Waals surface area contributed by atoms with Gasteiger partial charge in [0.2, 0.25) is 0 Å². The van der Waals surface area contributed by atoms with Gasteiger partial charge in [-0.25, -0.2) is 0 Å². The molecule has 0 aliphatic carbocycles. The number of carbonyl (C=O) groups excluding carboxylic acids is 1. The lowest BCUT2D eigenvalue weighted by atomic mass is 10.1. The van der Waals surface area contributed by atoms with Crippen LogP contribution in [0.4, 0.5) is 11.4 Å². The summed E-state index contributed by atoms with van der Waals surface area (Å²) in [6, 6.07) is 12.2. The number of anilines is 2. The van der Waals surface area contributed by atoms with Crippen molar-refractivity contribution < 1.29 is 14.3 Å². The minimum atomic E-state index is -0.216. The van der Waals surface area contributed by atoms with Crippen molar-refractivity contribution in [3.63, 3.8) is 0 Å². The number of hydrogen-bond acceptors (Lipinski definition) is 4. The molecule has 5 nitrogen and oxygen atoms in total. The summed E-state index contributed by atoms with van der Waals surface area (Å²) in [6.07, 6.45) is 0.999. The third-order valence-corrected chi connectivity index (χ3v) is 3.55. The summed E-state index contributed by atoms with van der Waals surface area (Å²) < 4.78 is 10.9. The molecule has 0 saturated heterocycles. The Morgan fingerprint density at radius 3 is 2.50 bits per heavy atom. The standard InChI is InChI=1S/C19H24N2O3/c1-13(2)10-11-24-16-7-4-14(5-8-16)19(22)21-17-9-6-15(20)12-18(17)23-3/h4-9,12-13H,10-11,20H2,1-3H3,(H,21,22). The van der Waals surface area contributed by atoms with Crippen LogP contribution in [0, 0.1) is 5.92 Å². The molecule has 3 N–H and O–H groups in total. The zero-order valence-corrected chi connectivity index (χ0v) is 14.3. The molecule has 128 valence electrons. The summed E-state index contributed by atoms with van der Waals surface area (Å²) in [5.74, 6) is 1.67. The van der Waals surface area contributed by atoms with E-state index >= 15 is 0 Å². The fourth-order valence-corrected chi connectivity index (χ4v) is 2.12. The van der Waals surface area contributed by atoms with Crippen LogP contribution in [0.15, 0.2) is 42.5 Å². The van der Waals surface area contributed by atoms with Gasteiger partial charge in [-0.2, -0.15) is 0 Å². The van der Waals surface area contributed by atoms with E-state index in [0.29, 0.717) is 35.2 Å². The highest BCUT2D eigenvalue weighted by Gasteiger charge is 2.10. The number of nitrogens with two attached hydrogens (primary N) is 1. The Morgan fingerprint density at radius 2 is 1.88 bits per heavy atom. The molecule has 0 heterocycles. The van der Waals surface area contributed by atoms with Crippen molar-refractivity contribution in [3.8, 4) is 11.5 Å². The van der Waals surface area contributed by atoms with Gasteiger partial charge >= 0.3 is 0 Å². The molecule has 1 amide bonds. The second kappa shape index (κ2) is 8.24. The summed E-state index contributed by atoms with van der Waals surface area (Å²) in [6.45, 7) is 4.98. The highest BCUT2D eigenvalue weighted by molar-refractivity contribution is 6.05. The summed E-state index contributed by atoms with van der Waals surface area (Å²) in [7, 11) is 1.54. The van der Waals surface area contributed by atoms with Crippen LogP contribution in [-0.2, 0) is 0 Å². The van der Waals surface area contributed by atoms with Gasteiger partial charge in [0, 0.05) is 17.3 Å². The normalized spacial score (nSPS) is 10.5. The van der Waals surface area contributed by atoms with Gasteiger partial charge in [0.25, 0.3) is 5.91 Å². The number of methoxy groups -OCH3 is 1. The van der Waals surface area contributed by atoms with Crippen molar-refractivity contribution in [2.24, 2.45) is 5.92 Å². The first kappa shape index (κ1) is 17.7. The summed E-state index contributed by atoms with van der Waals surface area (Å²) in [5.41, 5.74) is 7.41. The van der Waals surface area contributed by atoms with E-state index in [1.165, 1.54) is 7.11 Å². The molecule has 0 saturated carbocycles. The second-order valence-corrected chi connectivity index (χ2v) is 5.97. The van der Waals surface area contributed by atoms with Crippen LogP contribution < -0.4 is 20.5 Å². The van der Waals surface area contributed by atoms with Gasteiger partial charge in [0.05, 0.1) is 19.4 Å².